The first-order valence-corrected chi connectivity index (χ1v) is 15.0. The number of carboxylic acids is 1. The number of amides is 3. The van der Waals surface area contributed by atoms with E-state index in [4.69, 9.17) is 10.6 Å². The molecule has 3 amide bonds. The van der Waals surface area contributed by atoms with Gasteiger partial charge in [-0.15, -0.1) is 11.3 Å². The molecule has 2 saturated heterocycles. The van der Waals surface area contributed by atoms with Gasteiger partial charge in [0, 0.05) is 17.5 Å². The molecule has 1 aromatic heterocycles. The summed E-state index contributed by atoms with van der Waals surface area (Å²) in [5.74, 6) is -2.88. The number of anilines is 1. The maximum atomic E-state index is 13.5. The molecule has 0 bridgehead atoms. The predicted molar refractivity (Wildman–Crippen MR) is 163 cm³/mol. The fourth-order valence-corrected chi connectivity index (χ4v) is 6.70. The van der Waals surface area contributed by atoms with Crippen molar-refractivity contribution in [2.75, 3.05) is 12.3 Å². The van der Waals surface area contributed by atoms with Crippen LogP contribution in [-0.4, -0.2) is 104 Å². The van der Waals surface area contributed by atoms with Gasteiger partial charge in [-0.3, -0.25) is 19.3 Å². The average Bonchev–Trinajstić information content (AvgIpc) is 3.76. The molecule has 2 atom stereocenters. The third-order valence-corrected chi connectivity index (χ3v) is 8.87. The third kappa shape index (κ3) is 5.99. The Labute approximate surface area is 278 Å². The number of thiazole rings is 1. The van der Waals surface area contributed by atoms with Crippen molar-refractivity contribution in [1.82, 2.24) is 20.5 Å². The summed E-state index contributed by atoms with van der Waals surface area (Å²) in [6.07, 6.45) is 4.52. The molecule has 6 rings (SSSR count). The van der Waals surface area contributed by atoms with Crippen LogP contribution in [0.5, 0.6) is 5.75 Å². The number of aromatic hydroxyl groups is 1. The Morgan fingerprint density at radius 1 is 1.14 bits per heavy atom. The molecule has 4 heterocycles. The monoisotopic (exact) mass is 630 g/mol. The Kier molecular flexibility index (Phi) is 9.44. The van der Waals surface area contributed by atoms with Gasteiger partial charge in [0.05, 0.1) is 6.04 Å². The van der Waals surface area contributed by atoms with Gasteiger partial charge < -0.3 is 31.4 Å². The summed E-state index contributed by atoms with van der Waals surface area (Å²) < 4.78 is 0. The molecule has 1 aliphatic carbocycles. The summed E-state index contributed by atoms with van der Waals surface area (Å²) in [5, 5.41) is 31.5. The van der Waals surface area contributed by atoms with Gasteiger partial charge in [-0.05, 0) is 73.8 Å². The minimum absolute atomic E-state index is 0. The first-order chi connectivity index (χ1) is 20.7. The van der Waals surface area contributed by atoms with Crippen LogP contribution >= 0.6 is 11.3 Å². The number of hydrogen-bond acceptors (Lipinski definition) is 10. The molecule has 44 heavy (non-hydrogen) atoms. The van der Waals surface area contributed by atoms with Gasteiger partial charge in [0.1, 0.15) is 29.3 Å². The number of nitrogens with zero attached hydrogens (tertiary/aromatic N) is 3. The first kappa shape index (κ1) is 31.7. The van der Waals surface area contributed by atoms with E-state index >= 15 is 0 Å². The number of aliphatic carboxylic acids is 1. The van der Waals surface area contributed by atoms with Crippen molar-refractivity contribution < 1.29 is 34.2 Å². The van der Waals surface area contributed by atoms with E-state index in [0.29, 0.717) is 41.7 Å². The Hall–Kier alpha value is -3.72. The number of phenolic OH excluding ortho intramolecular Hbond substituents is 1. The number of carboxylic acid groups (broad SMARTS) is 1. The number of carbonyl (C=O) groups is 4. The Bertz CT molecular complexity index is 1600. The van der Waals surface area contributed by atoms with Gasteiger partial charge in [0.25, 0.3) is 11.8 Å². The van der Waals surface area contributed by atoms with E-state index in [0.717, 1.165) is 37.0 Å². The first-order valence-electron chi connectivity index (χ1n) is 14.1. The SMILES string of the molecule is Nc1nc(C(=NOC2CCCC2)C(=O)N[C@@H]2C(=O)N3C(C(=O)O)=C(C(=C4CCNC4=O)c4ccc(O)cc4)CC[C@H]23)cs1.[NaH]. The molecule has 1 saturated carbocycles. The fraction of sp³-hybridized carbons (Fsp3) is 0.379. The van der Waals surface area contributed by atoms with Crippen LogP contribution in [0.2, 0.25) is 0 Å². The van der Waals surface area contributed by atoms with E-state index in [1.54, 1.807) is 17.5 Å². The van der Waals surface area contributed by atoms with Crippen LogP contribution in [0.1, 0.15) is 56.2 Å². The number of benzene rings is 1. The van der Waals surface area contributed by atoms with Crippen LogP contribution in [0.4, 0.5) is 5.13 Å². The second kappa shape index (κ2) is 13.1. The van der Waals surface area contributed by atoms with E-state index < -0.39 is 29.9 Å². The number of nitrogen functional groups attached to an aromatic ring is 1. The third-order valence-electron chi connectivity index (χ3n) is 8.20. The number of aromatic nitrogens is 1. The van der Waals surface area contributed by atoms with E-state index in [2.05, 4.69) is 20.8 Å². The molecule has 0 spiro atoms. The number of rotatable bonds is 8. The molecule has 6 N–H and O–H groups in total. The van der Waals surface area contributed by atoms with Gasteiger partial charge in [0.2, 0.25) is 5.91 Å². The predicted octanol–water partition coefficient (Wildman–Crippen LogP) is 1.25. The second-order valence-corrected chi connectivity index (χ2v) is 11.7. The molecule has 15 heteroatoms. The molecule has 3 fully saturated rings. The molecular weight excluding hydrogens is 599 g/mol. The fourth-order valence-electron chi connectivity index (χ4n) is 6.16. The van der Waals surface area contributed by atoms with Crippen molar-refractivity contribution in [3.63, 3.8) is 0 Å². The van der Waals surface area contributed by atoms with Crippen LogP contribution < -0.4 is 16.4 Å². The van der Waals surface area contributed by atoms with Crippen LogP contribution in [0, 0.1) is 0 Å². The molecule has 226 valence electrons. The number of phenols is 1. The van der Waals surface area contributed by atoms with Crippen molar-refractivity contribution in [3.05, 3.63) is 57.7 Å². The van der Waals surface area contributed by atoms with Crippen molar-refractivity contribution in [1.29, 1.82) is 0 Å². The number of carbonyl (C=O) groups excluding carboxylic acids is 3. The van der Waals surface area contributed by atoms with Gasteiger partial charge in [0.15, 0.2) is 10.8 Å². The van der Waals surface area contributed by atoms with Gasteiger partial charge in [-0.1, -0.05) is 17.3 Å². The summed E-state index contributed by atoms with van der Waals surface area (Å²) in [7, 11) is 0. The molecule has 2 aromatic rings. The Balaban J connectivity index is 0.00000384. The van der Waals surface area contributed by atoms with Crippen LogP contribution in [0.15, 0.2) is 51.6 Å². The Morgan fingerprint density at radius 2 is 1.86 bits per heavy atom. The summed E-state index contributed by atoms with van der Waals surface area (Å²) in [6.45, 7) is 0.407. The molecular formula is C29H31N6NaO7S. The second-order valence-electron chi connectivity index (χ2n) is 10.8. The van der Waals surface area contributed by atoms with Gasteiger partial charge in [-0.2, -0.15) is 0 Å². The number of fused-ring (bicyclic) bond motifs is 1. The number of allylic oxidation sites excluding steroid dienone is 2. The maximum absolute atomic E-state index is 13.5. The summed E-state index contributed by atoms with van der Waals surface area (Å²) >= 11 is 1.14. The van der Waals surface area contributed by atoms with E-state index in [9.17, 15) is 29.4 Å². The van der Waals surface area contributed by atoms with Gasteiger partial charge >= 0.3 is 35.5 Å². The number of oxime groups is 1. The molecule has 1 aromatic carbocycles. The molecule has 0 radical (unpaired) electrons. The molecule has 3 aliphatic heterocycles. The zero-order valence-electron chi connectivity index (χ0n) is 23.0. The topological polar surface area (TPSA) is 197 Å². The van der Waals surface area contributed by atoms with Crippen molar-refractivity contribution in [2.45, 2.75) is 63.1 Å². The summed E-state index contributed by atoms with van der Waals surface area (Å²) in [6, 6.07) is 4.54. The van der Waals surface area contributed by atoms with Crippen molar-refractivity contribution >= 4 is 81.0 Å². The number of nitrogens with one attached hydrogen (secondary N) is 2. The summed E-state index contributed by atoms with van der Waals surface area (Å²) in [4.78, 5) is 63.3. The number of hydrogen-bond donors (Lipinski definition) is 5. The van der Waals surface area contributed by atoms with Crippen molar-refractivity contribution in [2.24, 2.45) is 5.16 Å². The van der Waals surface area contributed by atoms with Crippen LogP contribution in [0.3, 0.4) is 0 Å². The quantitative estimate of drug-likeness (QED) is 0.0937. The van der Waals surface area contributed by atoms with E-state index in [-0.39, 0.29) is 76.0 Å². The number of nitrogens with two attached hydrogens (primary N) is 1. The molecule has 4 aliphatic rings. The van der Waals surface area contributed by atoms with Crippen LogP contribution in [0.25, 0.3) is 5.57 Å². The van der Waals surface area contributed by atoms with E-state index in [1.165, 1.54) is 17.0 Å². The zero-order valence-corrected chi connectivity index (χ0v) is 23.9. The minimum atomic E-state index is -1.32. The number of β-lactam (4-membered cyclic amide) rings is 1. The molecule has 0 unspecified atom stereocenters. The zero-order chi connectivity index (χ0) is 30.2. The molecule has 13 nitrogen and oxygen atoms in total. The summed E-state index contributed by atoms with van der Waals surface area (Å²) in [5.41, 5.74) is 7.43. The van der Waals surface area contributed by atoms with Crippen LogP contribution in [-0.2, 0) is 24.0 Å². The van der Waals surface area contributed by atoms with Gasteiger partial charge in [-0.25, -0.2) is 9.78 Å². The standard InChI is InChI=1S/C29H30N6O7S.Na.H/c30-29-32-19(13-43-29)22(34-42-16-3-1-2-4-16)26(38)33-23-20-10-9-17(24(28(40)41)35(20)27(23)39)21(18-11-12-31-25(18)37)14-5-7-15(36)8-6-14;;/h5-8,13,16,20,23,36H,1-4,9-12H2,(H2,30,32)(H,31,37)(H,33,38)(H,40,41);;/t20-,23+;;/m1../s1. The Morgan fingerprint density at radius 3 is 2.48 bits per heavy atom. The van der Waals surface area contributed by atoms with E-state index in [1.807, 2.05) is 0 Å². The van der Waals surface area contributed by atoms with Crippen molar-refractivity contribution in [3.8, 4) is 5.75 Å². The normalized spacial score (nSPS) is 23.0. The average molecular weight is 631 g/mol.